The summed E-state index contributed by atoms with van der Waals surface area (Å²) in [7, 11) is 0. The van der Waals surface area contributed by atoms with Crippen molar-refractivity contribution in [3.63, 3.8) is 0 Å². The molecule has 180 valence electrons. The van der Waals surface area contributed by atoms with Crippen molar-refractivity contribution in [3.8, 4) is 0 Å². The Bertz CT molecular complexity index is 1380. The molecular weight excluding hydrogens is 441 g/mol. The zero-order chi connectivity index (χ0) is 25.7. The summed E-state index contributed by atoms with van der Waals surface area (Å²) in [4.78, 5) is 28.1. The average molecular weight is 472 g/mol. The monoisotopic (exact) mass is 471 g/mol. The summed E-state index contributed by atoms with van der Waals surface area (Å²) < 4.78 is 15.1. The summed E-state index contributed by atoms with van der Waals surface area (Å²) >= 11 is 0. The number of benzene rings is 3. The molecule has 0 radical (unpaired) electrons. The highest BCUT2D eigenvalue weighted by molar-refractivity contribution is 6.51. The van der Waals surface area contributed by atoms with Gasteiger partial charge in [-0.1, -0.05) is 57.2 Å². The van der Waals surface area contributed by atoms with E-state index in [0.29, 0.717) is 11.3 Å². The fourth-order valence-electron chi connectivity index (χ4n) is 4.45. The van der Waals surface area contributed by atoms with Crippen molar-refractivity contribution < 1.29 is 19.1 Å². The van der Waals surface area contributed by atoms with E-state index in [-0.39, 0.29) is 22.3 Å². The van der Waals surface area contributed by atoms with Gasteiger partial charge in [0.2, 0.25) is 0 Å². The Kier molecular flexibility index (Phi) is 6.14. The minimum absolute atomic E-state index is 0.118. The van der Waals surface area contributed by atoms with Crippen LogP contribution >= 0.6 is 0 Å². The number of ketones is 1. The molecule has 1 aliphatic heterocycles. The number of amides is 1. The zero-order valence-electron chi connectivity index (χ0n) is 20.9. The van der Waals surface area contributed by atoms with E-state index in [1.807, 2.05) is 45.0 Å². The molecule has 1 saturated heterocycles. The minimum atomic E-state index is -1.10. The molecule has 3 aromatic carbocycles. The Morgan fingerprint density at radius 3 is 2.17 bits per heavy atom. The van der Waals surface area contributed by atoms with Crippen molar-refractivity contribution in [2.24, 2.45) is 0 Å². The molecule has 1 N–H and O–H groups in total. The zero-order valence-corrected chi connectivity index (χ0v) is 20.9. The number of anilines is 1. The largest absolute Gasteiger partial charge is 0.507 e. The molecule has 1 amide bonds. The highest BCUT2D eigenvalue weighted by Gasteiger charge is 2.48. The predicted molar refractivity (Wildman–Crippen MR) is 137 cm³/mol. The number of nitrogens with zero attached hydrogens (tertiary/aromatic N) is 1. The lowest BCUT2D eigenvalue weighted by molar-refractivity contribution is -0.132. The van der Waals surface area contributed by atoms with Gasteiger partial charge in [0.1, 0.15) is 11.6 Å². The van der Waals surface area contributed by atoms with E-state index in [1.54, 1.807) is 30.3 Å². The normalized spacial score (nSPS) is 17.8. The average Bonchev–Trinajstić information content (AvgIpc) is 3.05. The van der Waals surface area contributed by atoms with Crippen LogP contribution in [0, 0.1) is 26.6 Å². The van der Waals surface area contributed by atoms with E-state index in [0.717, 1.165) is 22.3 Å². The van der Waals surface area contributed by atoms with Crippen LogP contribution in [-0.4, -0.2) is 16.8 Å². The van der Waals surface area contributed by atoms with Crippen LogP contribution in [-0.2, 0) is 15.0 Å². The molecule has 35 heavy (non-hydrogen) atoms. The predicted octanol–water partition coefficient (Wildman–Crippen LogP) is 6.67. The van der Waals surface area contributed by atoms with Gasteiger partial charge in [-0.2, -0.15) is 0 Å². The lowest BCUT2D eigenvalue weighted by Crippen LogP contribution is -2.30. The molecule has 0 aliphatic carbocycles. The van der Waals surface area contributed by atoms with E-state index in [2.05, 4.69) is 20.8 Å². The van der Waals surface area contributed by atoms with Gasteiger partial charge >= 0.3 is 0 Å². The van der Waals surface area contributed by atoms with Crippen LogP contribution < -0.4 is 4.90 Å². The van der Waals surface area contributed by atoms with E-state index < -0.39 is 23.5 Å². The van der Waals surface area contributed by atoms with Gasteiger partial charge in [-0.05, 0) is 72.7 Å². The summed E-state index contributed by atoms with van der Waals surface area (Å²) in [6.45, 7) is 11.9. The maximum atomic E-state index is 15.1. The van der Waals surface area contributed by atoms with Crippen molar-refractivity contribution in [3.05, 3.63) is 105 Å². The molecule has 0 aromatic heterocycles. The fourth-order valence-corrected chi connectivity index (χ4v) is 4.45. The first-order valence-corrected chi connectivity index (χ1v) is 11.7. The molecular formula is C30H30FNO3. The Hall–Kier alpha value is -3.73. The standard InChI is InChI=1S/C30H30FNO3/c1-17-12-14-21(15-19(17)3)32-26(22-9-7-8-10-24(22)31)25(28(34)29(32)35)27(33)23-16-20(30(4,5)6)13-11-18(23)2/h7-16,26,33H,1-6H3/b27-25+. The van der Waals surface area contributed by atoms with Crippen molar-refractivity contribution >= 4 is 23.1 Å². The molecule has 1 fully saturated rings. The molecule has 0 saturated carbocycles. The van der Waals surface area contributed by atoms with Gasteiger partial charge in [0, 0.05) is 16.8 Å². The number of hydrogen-bond acceptors (Lipinski definition) is 3. The number of hydrogen-bond donors (Lipinski definition) is 1. The summed E-state index contributed by atoms with van der Waals surface area (Å²) in [6.07, 6.45) is 0. The van der Waals surface area contributed by atoms with Crippen molar-refractivity contribution in [1.82, 2.24) is 0 Å². The number of halogens is 1. The summed E-state index contributed by atoms with van der Waals surface area (Å²) in [5, 5.41) is 11.5. The molecule has 1 aliphatic rings. The molecule has 1 heterocycles. The number of Topliss-reactive ketones (excluding diaryl/α,β-unsaturated/α-hetero) is 1. The van der Waals surface area contributed by atoms with Crippen LogP contribution in [0.15, 0.2) is 66.2 Å². The topological polar surface area (TPSA) is 57.6 Å². The molecule has 0 spiro atoms. The van der Waals surface area contributed by atoms with Gasteiger partial charge in [-0.3, -0.25) is 14.5 Å². The first-order chi connectivity index (χ1) is 16.4. The molecule has 1 unspecified atom stereocenters. The number of aryl methyl sites for hydroxylation is 3. The van der Waals surface area contributed by atoms with E-state index >= 15 is 4.39 Å². The number of rotatable bonds is 3. The summed E-state index contributed by atoms with van der Waals surface area (Å²) in [5.41, 5.74) is 4.45. The first kappa shape index (κ1) is 24.4. The second-order valence-corrected chi connectivity index (χ2v) is 10.2. The van der Waals surface area contributed by atoms with Gasteiger partial charge in [-0.25, -0.2) is 4.39 Å². The van der Waals surface area contributed by atoms with Crippen LogP contribution in [0.1, 0.15) is 60.2 Å². The van der Waals surface area contributed by atoms with Gasteiger partial charge in [0.15, 0.2) is 0 Å². The van der Waals surface area contributed by atoms with Crippen LogP contribution in [0.25, 0.3) is 5.76 Å². The molecule has 3 aromatic rings. The Balaban J connectivity index is 2.01. The van der Waals surface area contributed by atoms with Gasteiger partial charge in [-0.15, -0.1) is 0 Å². The van der Waals surface area contributed by atoms with Crippen LogP contribution in [0.5, 0.6) is 0 Å². The SMILES string of the molecule is Cc1ccc(N2C(=O)C(=O)/C(=C(/O)c3cc(C(C)(C)C)ccc3C)C2c2ccccc2F)cc1C. The smallest absolute Gasteiger partial charge is 0.300 e. The maximum Gasteiger partial charge on any atom is 0.300 e. The molecule has 0 bridgehead atoms. The second kappa shape index (κ2) is 8.81. The Labute approximate surface area is 205 Å². The highest BCUT2D eigenvalue weighted by Crippen LogP contribution is 2.43. The third-order valence-electron chi connectivity index (χ3n) is 6.77. The van der Waals surface area contributed by atoms with Crippen LogP contribution in [0.3, 0.4) is 0 Å². The van der Waals surface area contributed by atoms with Crippen molar-refractivity contribution in [2.75, 3.05) is 4.90 Å². The van der Waals surface area contributed by atoms with E-state index in [9.17, 15) is 14.7 Å². The first-order valence-electron chi connectivity index (χ1n) is 11.7. The van der Waals surface area contributed by atoms with E-state index in [4.69, 9.17) is 0 Å². The maximum absolute atomic E-state index is 15.1. The summed E-state index contributed by atoms with van der Waals surface area (Å²) in [5.74, 6) is -2.49. The van der Waals surface area contributed by atoms with Crippen molar-refractivity contribution in [2.45, 2.75) is 53.0 Å². The number of aliphatic hydroxyl groups is 1. The molecule has 4 rings (SSSR count). The minimum Gasteiger partial charge on any atom is -0.507 e. The number of carbonyl (C=O) groups is 2. The number of carbonyl (C=O) groups excluding carboxylic acids is 2. The van der Waals surface area contributed by atoms with Gasteiger partial charge in [0.05, 0.1) is 11.6 Å². The van der Waals surface area contributed by atoms with Crippen LogP contribution in [0.4, 0.5) is 10.1 Å². The third-order valence-corrected chi connectivity index (χ3v) is 6.77. The Morgan fingerprint density at radius 2 is 1.54 bits per heavy atom. The van der Waals surface area contributed by atoms with Crippen molar-refractivity contribution in [1.29, 1.82) is 0 Å². The van der Waals surface area contributed by atoms with E-state index in [1.165, 1.54) is 11.0 Å². The second-order valence-electron chi connectivity index (χ2n) is 10.2. The van der Waals surface area contributed by atoms with Gasteiger partial charge in [0.25, 0.3) is 11.7 Å². The fraction of sp³-hybridized carbons (Fsp3) is 0.267. The third kappa shape index (κ3) is 4.27. The number of aliphatic hydroxyl groups excluding tert-OH is 1. The quantitative estimate of drug-likeness (QED) is 0.263. The highest BCUT2D eigenvalue weighted by atomic mass is 19.1. The lowest BCUT2D eigenvalue weighted by Gasteiger charge is -2.26. The Morgan fingerprint density at radius 1 is 0.886 bits per heavy atom. The lowest BCUT2D eigenvalue weighted by atomic mass is 9.84. The van der Waals surface area contributed by atoms with Crippen LogP contribution in [0.2, 0.25) is 0 Å². The molecule has 4 nitrogen and oxygen atoms in total. The van der Waals surface area contributed by atoms with Gasteiger partial charge < -0.3 is 5.11 Å². The molecule has 1 atom stereocenters. The summed E-state index contributed by atoms with van der Waals surface area (Å²) in [6, 6.07) is 16.1. The molecule has 5 heteroatoms.